The van der Waals surface area contributed by atoms with E-state index >= 15 is 0 Å². The van der Waals surface area contributed by atoms with Crippen molar-refractivity contribution in [1.29, 1.82) is 0 Å². The number of nitrogen functional groups attached to an aromatic ring is 1. The first-order chi connectivity index (χ1) is 12.5. The van der Waals surface area contributed by atoms with E-state index in [9.17, 15) is 4.79 Å². The van der Waals surface area contributed by atoms with Crippen molar-refractivity contribution in [2.75, 3.05) is 5.73 Å². The van der Waals surface area contributed by atoms with E-state index in [2.05, 4.69) is 15.1 Å². The number of nitrogens with two attached hydrogens (primary N) is 1. The Morgan fingerprint density at radius 2 is 1.88 bits per heavy atom. The Morgan fingerprint density at radius 3 is 2.65 bits per heavy atom. The van der Waals surface area contributed by atoms with Gasteiger partial charge in [0.1, 0.15) is 5.69 Å². The number of aromatic nitrogens is 4. The number of nitrogens with zero attached hydrogens (tertiary/aromatic N) is 4. The molecular weight excluding hydrogens is 326 g/mol. The van der Waals surface area contributed by atoms with Gasteiger partial charge in [0, 0.05) is 29.3 Å². The van der Waals surface area contributed by atoms with Gasteiger partial charge in [0.2, 0.25) is 0 Å². The second kappa shape index (κ2) is 6.07. The van der Waals surface area contributed by atoms with E-state index in [4.69, 9.17) is 5.73 Å². The van der Waals surface area contributed by atoms with Gasteiger partial charge in [-0.2, -0.15) is 5.10 Å². The van der Waals surface area contributed by atoms with E-state index < -0.39 is 0 Å². The fraction of sp³-hybridized carbons (Fsp3) is 0.100. The molecule has 4 rings (SSSR count). The molecule has 0 fully saturated rings. The highest BCUT2D eigenvalue weighted by atomic mass is 16.1. The number of anilines is 1. The average Bonchev–Trinajstić information content (AvgIpc) is 3.06. The lowest BCUT2D eigenvalue weighted by Gasteiger charge is -2.08. The zero-order valence-corrected chi connectivity index (χ0v) is 14.5. The molecule has 3 aromatic heterocycles. The van der Waals surface area contributed by atoms with Crippen LogP contribution in [-0.2, 0) is 0 Å². The normalized spacial score (nSPS) is 11.0. The smallest absolute Gasteiger partial charge is 0.178 e. The maximum Gasteiger partial charge on any atom is 0.178 e. The fourth-order valence-corrected chi connectivity index (χ4v) is 2.92. The van der Waals surface area contributed by atoms with Crippen LogP contribution in [0.25, 0.3) is 28.0 Å². The van der Waals surface area contributed by atoms with E-state index in [0.29, 0.717) is 17.1 Å². The first kappa shape index (κ1) is 16.0. The molecule has 0 bridgehead atoms. The van der Waals surface area contributed by atoms with Crippen LogP contribution in [0.1, 0.15) is 23.1 Å². The number of benzene rings is 1. The number of Topliss-reactive ketones (excluding diaryl/α,β-unsaturated/α-hetero) is 1. The summed E-state index contributed by atoms with van der Waals surface area (Å²) in [7, 11) is 0. The first-order valence-electron chi connectivity index (χ1n) is 8.22. The molecule has 6 nitrogen and oxygen atoms in total. The first-order valence-corrected chi connectivity index (χ1v) is 8.22. The molecule has 6 heteroatoms. The quantitative estimate of drug-likeness (QED) is 0.454. The minimum atomic E-state index is -0.0742. The number of hydrogen-bond acceptors (Lipinski definition) is 5. The summed E-state index contributed by atoms with van der Waals surface area (Å²) in [6.45, 7) is 3.44. The minimum absolute atomic E-state index is 0.0742. The lowest BCUT2D eigenvalue weighted by molar-refractivity contribution is 0.101. The third-order valence-electron chi connectivity index (χ3n) is 4.22. The number of carbonyl (C=O) groups excluding carboxylic acids is 1. The Balaban J connectivity index is 1.92. The number of pyridine rings is 2. The van der Waals surface area contributed by atoms with Gasteiger partial charge >= 0.3 is 0 Å². The summed E-state index contributed by atoms with van der Waals surface area (Å²) in [4.78, 5) is 20.6. The van der Waals surface area contributed by atoms with Crippen LogP contribution >= 0.6 is 0 Å². The molecule has 26 heavy (non-hydrogen) atoms. The summed E-state index contributed by atoms with van der Waals surface area (Å²) >= 11 is 0. The van der Waals surface area contributed by atoms with Crippen LogP contribution in [0.2, 0.25) is 0 Å². The van der Waals surface area contributed by atoms with Crippen LogP contribution in [0.4, 0.5) is 5.69 Å². The molecule has 1 aromatic carbocycles. The number of hydrogen-bond donors (Lipinski definition) is 1. The highest BCUT2D eigenvalue weighted by Gasteiger charge is 2.12. The number of rotatable bonds is 3. The SMILES string of the molecule is CC(=O)c1cccc(-c2cc(N)c3cnn(-c4cccc(C)n4)c3c2)n1. The van der Waals surface area contributed by atoms with Crippen molar-refractivity contribution < 1.29 is 4.79 Å². The third-order valence-corrected chi connectivity index (χ3v) is 4.22. The van der Waals surface area contributed by atoms with Gasteiger partial charge < -0.3 is 5.73 Å². The maximum atomic E-state index is 11.6. The molecule has 2 N–H and O–H groups in total. The van der Waals surface area contributed by atoms with Gasteiger partial charge in [0.25, 0.3) is 0 Å². The molecule has 0 amide bonds. The largest absolute Gasteiger partial charge is 0.398 e. The van der Waals surface area contributed by atoms with Crippen molar-refractivity contribution in [3.63, 3.8) is 0 Å². The van der Waals surface area contributed by atoms with Gasteiger partial charge in [-0.05, 0) is 43.3 Å². The summed E-state index contributed by atoms with van der Waals surface area (Å²) in [5.41, 5.74) is 10.5. The molecule has 0 saturated carbocycles. The van der Waals surface area contributed by atoms with Gasteiger partial charge in [0.15, 0.2) is 11.6 Å². The van der Waals surface area contributed by atoms with Crippen molar-refractivity contribution in [1.82, 2.24) is 19.7 Å². The summed E-state index contributed by atoms with van der Waals surface area (Å²) in [5, 5.41) is 5.29. The molecule has 3 heterocycles. The Kier molecular flexibility index (Phi) is 3.73. The number of carbonyl (C=O) groups is 1. The van der Waals surface area contributed by atoms with Crippen LogP contribution in [0.3, 0.4) is 0 Å². The average molecular weight is 343 g/mol. The predicted molar refractivity (Wildman–Crippen MR) is 101 cm³/mol. The number of ketones is 1. The fourth-order valence-electron chi connectivity index (χ4n) is 2.92. The number of fused-ring (bicyclic) bond motifs is 1. The van der Waals surface area contributed by atoms with Gasteiger partial charge in [0.05, 0.1) is 17.4 Å². The van der Waals surface area contributed by atoms with E-state index in [1.165, 1.54) is 6.92 Å². The molecule has 0 radical (unpaired) electrons. The Morgan fingerprint density at radius 1 is 1.08 bits per heavy atom. The standard InChI is InChI=1S/C20H17N5O/c1-12-5-3-8-20(23-12)25-19-10-14(9-16(21)15(19)11-22-25)18-7-4-6-17(24-18)13(2)26/h3-11H,21H2,1-2H3. The Hall–Kier alpha value is -3.54. The zero-order valence-electron chi connectivity index (χ0n) is 14.5. The lowest BCUT2D eigenvalue weighted by atomic mass is 10.1. The minimum Gasteiger partial charge on any atom is -0.398 e. The second-order valence-corrected chi connectivity index (χ2v) is 6.16. The maximum absolute atomic E-state index is 11.6. The molecule has 0 atom stereocenters. The lowest BCUT2D eigenvalue weighted by Crippen LogP contribution is -2.01. The van der Waals surface area contributed by atoms with E-state index in [1.54, 1.807) is 16.9 Å². The van der Waals surface area contributed by atoms with Crippen LogP contribution in [0.5, 0.6) is 0 Å². The molecule has 0 unspecified atom stereocenters. The third kappa shape index (κ3) is 2.71. The second-order valence-electron chi connectivity index (χ2n) is 6.16. The number of aryl methyl sites for hydroxylation is 1. The van der Waals surface area contributed by atoms with Crippen LogP contribution in [0, 0.1) is 6.92 Å². The predicted octanol–water partition coefficient (Wildman–Crippen LogP) is 3.58. The van der Waals surface area contributed by atoms with Crippen molar-refractivity contribution in [2.24, 2.45) is 0 Å². The molecule has 0 spiro atoms. The monoisotopic (exact) mass is 343 g/mol. The van der Waals surface area contributed by atoms with Crippen LogP contribution in [0.15, 0.2) is 54.7 Å². The van der Waals surface area contributed by atoms with Crippen molar-refractivity contribution in [3.05, 3.63) is 66.1 Å². The van der Waals surface area contributed by atoms with Gasteiger partial charge in [-0.15, -0.1) is 0 Å². The summed E-state index contributed by atoms with van der Waals surface area (Å²) in [6.07, 6.45) is 1.73. The zero-order chi connectivity index (χ0) is 18.3. The molecule has 0 saturated heterocycles. The Bertz CT molecular complexity index is 1150. The molecular formula is C20H17N5O. The Labute approximate surface area is 150 Å². The summed E-state index contributed by atoms with van der Waals surface area (Å²) in [5.74, 6) is 0.650. The van der Waals surface area contributed by atoms with Crippen molar-refractivity contribution in [2.45, 2.75) is 13.8 Å². The van der Waals surface area contributed by atoms with Gasteiger partial charge in [-0.1, -0.05) is 12.1 Å². The molecule has 0 aliphatic heterocycles. The highest BCUT2D eigenvalue weighted by Crippen LogP contribution is 2.29. The topological polar surface area (TPSA) is 86.7 Å². The summed E-state index contributed by atoms with van der Waals surface area (Å²) in [6, 6.07) is 15.0. The van der Waals surface area contributed by atoms with Gasteiger partial charge in [-0.3, -0.25) is 4.79 Å². The van der Waals surface area contributed by atoms with Crippen LogP contribution in [-0.4, -0.2) is 25.5 Å². The molecule has 128 valence electrons. The molecule has 0 aliphatic carbocycles. The van der Waals surface area contributed by atoms with Gasteiger partial charge in [-0.25, -0.2) is 14.6 Å². The van der Waals surface area contributed by atoms with E-state index in [1.807, 2.05) is 49.4 Å². The van der Waals surface area contributed by atoms with Crippen molar-refractivity contribution >= 4 is 22.4 Å². The summed E-state index contributed by atoms with van der Waals surface area (Å²) < 4.78 is 1.76. The van der Waals surface area contributed by atoms with Crippen LogP contribution < -0.4 is 5.73 Å². The van der Waals surface area contributed by atoms with E-state index in [0.717, 1.165) is 28.0 Å². The highest BCUT2D eigenvalue weighted by molar-refractivity contribution is 5.96. The van der Waals surface area contributed by atoms with E-state index in [-0.39, 0.29) is 5.78 Å². The molecule has 0 aliphatic rings. The van der Waals surface area contributed by atoms with Crippen molar-refractivity contribution in [3.8, 4) is 17.1 Å². The molecule has 4 aromatic rings.